The molecular formula is C27H26ClNO6. The molecule has 3 aromatic carbocycles. The van der Waals surface area contributed by atoms with Gasteiger partial charge in [-0.3, -0.25) is 9.63 Å². The molecule has 0 bridgehead atoms. The molecule has 7 nitrogen and oxygen atoms in total. The smallest absolute Gasteiger partial charge is 0.431 e. The van der Waals surface area contributed by atoms with Crippen LogP contribution in [0.25, 0.3) is 0 Å². The number of aromatic hydroxyl groups is 1. The number of halogens is 1. The molecule has 0 aliphatic carbocycles. The molecule has 0 aromatic heterocycles. The summed E-state index contributed by atoms with van der Waals surface area (Å²) in [7, 11) is 0. The number of aryl methyl sites for hydroxylation is 1. The third-order valence-electron chi connectivity index (χ3n) is 5.62. The number of rotatable bonds is 8. The lowest BCUT2D eigenvalue weighted by Crippen LogP contribution is -2.49. The monoisotopic (exact) mass is 495 g/mol. The molecule has 35 heavy (non-hydrogen) atoms. The zero-order valence-electron chi connectivity index (χ0n) is 19.5. The van der Waals surface area contributed by atoms with Crippen LogP contribution in [-0.4, -0.2) is 29.2 Å². The van der Waals surface area contributed by atoms with Gasteiger partial charge in [0.15, 0.2) is 5.78 Å². The summed E-state index contributed by atoms with van der Waals surface area (Å²) in [5.74, 6) is 0.815. The highest BCUT2D eigenvalue weighted by atomic mass is 35.5. The van der Waals surface area contributed by atoms with Gasteiger partial charge >= 0.3 is 6.09 Å². The SMILES string of the molecule is CCCc1cc(C(=O)c2ccc(Cl)cc2O)ccc1Oc1cccc(C[C@]2(C)CONC(=O)O2)c1. The molecule has 0 spiro atoms. The minimum atomic E-state index is -0.788. The number of carbonyl (C=O) groups is 2. The molecule has 1 fully saturated rings. The van der Waals surface area contributed by atoms with E-state index in [4.69, 9.17) is 25.9 Å². The standard InChI is InChI=1S/C27H26ClNO6/c1-3-5-18-13-19(25(31)22-10-9-20(28)14-23(22)30)8-11-24(18)34-21-7-4-6-17(12-21)15-27(2)16-33-29-26(32)35-27/h4,6-14,30H,3,5,15-16H2,1-2H3,(H,29,32)/t27-/m1/s1. The Morgan fingerprint density at radius 1 is 1.17 bits per heavy atom. The first-order valence-corrected chi connectivity index (χ1v) is 11.7. The van der Waals surface area contributed by atoms with E-state index in [0.29, 0.717) is 34.9 Å². The van der Waals surface area contributed by atoms with E-state index in [1.165, 1.54) is 12.1 Å². The normalized spacial score (nSPS) is 17.4. The van der Waals surface area contributed by atoms with Crippen molar-refractivity contribution in [3.63, 3.8) is 0 Å². The number of carbonyl (C=O) groups excluding carboxylic acids is 2. The molecular weight excluding hydrogens is 470 g/mol. The Bertz CT molecular complexity index is 1260. The Kier molecular flexibility index (Phi) is 7.28. The molecule has 0 unspecified atom stereocenters. The average molecular weight is 496 g/mol. The minimum Gasteiger partial charge on any atom is -0.507 e. The number of phenolic OH excluding ortho intramolecular Hbond substituents is 1. The van der Waals surface area contributed by atoms with Gasteiger partial charge < -0.3 is 14.6 Å². The number of cyclic esters (lactones) is 1. The molecule has 1 aliphatic rings. The average Bonchev–Trinajstić information content (AvgIpc) is 2.80. The van der Waals surface area contributed by atoms with Crippen LogP contribution >= 0.6 is 11.6 Å². The van der Waals surface area contributed by atoms with Gasteiger partial charge in [-0.15, -0.1) is 0 Å². The molecule has 0 saturated carbocycles. The highest BCUT2D eigenvalue weighted by Crippen LogP contribution is 2.31. The maximum Gasteiger partial charge on any atom is 0.431 e. The first-order chi connectivity index (χ1) is 16.8. The van der Waals surface area contributed by atoms with Crippen molar-refractivity contribution in [3.8, 4) is 17.2 Å². The molecule has 3 aromatic rings. The van der Waals surface area contributed by atoms with Gasteiger partial charge in [0, 0.05) is 17.0 Å². The van der Waals surface area contributed by atoms with Crippen LogP contribution in [0.3, 0.4) is 0 Å². The predicted molar refractivity (Wildman–Crippen MR) is 131 cm³/mol. The first-order valence-electron chi connectivity index (χ1n) is 11.3. The molecule has 1 aliphatic heterocycles. The molecule has 1 atom stereocenters. The van der Waals surface area contributed by atoms with Gasteiger partial charge in [0.25, 0.3) is 0 Å². The van der Waals surface area contributed by atoms with E-state index >= 15 is 0 Å². The number of hydroxylamine groups is 1. The number of nitrogens with one attached hydrogen (secondary N) is 1. The number of hydrogen-bond acceptors (Lipinski definition) is 6. The number of amides is 1. The van der Waals surface area contributed by atoms with Crippen molar-refractivity contribution in [2.24, 2.45) is 0 Å². The van der Waals surface area contributed by atoms with Crippen LogP contribution in [0.2, 0.25) is 5.02 Å². The maximum atomic E-state index is 13.0. The van der Waals surface area contributed by atoms with Crippen molar-refractivity contribution in [2.75, 3.05) is 6.61 Å². The van der Waals surface area contributed by atoms with Gasteiger partial charge in [-0.25, -0.2) is 4.79 Å². The second kappa shape index (κ2) is 10.4. The van der Waals surface area contributed by atoms with Crippen LogP contribution in [0.4, 0.5) is 4.79 Å². The van der Waals surface area contributed by atoms with E-state index in [-0.39, 0.29) is 23.7 Å². The summed E-state index contributed by atoms with van der Waals surface area (Å²) in [6, 6.07) is 17.2. The van der Waals surface area contributed by atoms with Gasteiger partial charge in [0.2, 0.25) is 0 Å². The fourth-order valence-electron chi connectivity index (χ4n) is 4.02. The number of phenols is 1. The number of hydrogen-bond donors (Lipinski definition) is 2. The Balaban J connectivity index is 1.56. The van der Waals surface area contributed by atoms with Crippen molar-refractivity contribution < 1.29 is 29.0 Å². The van der Waals surface area contributed by atoms with E-state index < -0.39 is 11.7 Å². The van der Waals surface area contributed by atoms with Crippen molar-refractivity contribution in [3.05, 3.63) is 87.9 Å². The highest BCUT2D eigenvalue weighted by molar-refractivity contribution is 6.31. The molecule has 182 valence electrons. The van der Waals surface area contributed by atoms with Gasteiger partial charge in [0.1, 0.15) is 29.5 Å². The molecule has 8 heteroatoms. The summed E-state index contributed by atoms with van der Waals surface area (Å²) in [6.07, 6.45) is 1.41. The van der Waals surface area contributed by atoms with Gasteiger partial charge in [0.05, 0.1) is 5.56 Å². The predicted octanol–water partition coefficient (Wildman–Crippen LogP) is 5.99. The summed E-state index contributed by atoms with van der Waals surface area (Å²) >= 11 is 5.89. The van der Waals surface area contributed by atoms with E-state index in [9.17, 15) is 14.7 Å². The first kappa shape index (κ1) is 24.6. The Labute approximate surface area is 208 Å². The number of ketones is 1. The fourth-order valence-corrected chi connectivity index (χ4v) is 4.19. The van der Waals surface area contributed by atoms with Crippen LogP contribution in [0, 0.1) is 0 Å². The zero-order valence-corrected chi connectivity index (χ0v) is 20.2. The van der Waals surface area contributed by atoms with Crippen LogP contribution < -0.4 is 10.2 Å². The largest absolute Gasteiger partial charge is 0.507 e. The third-order valence-corrected chi connectivity index (χ3v) is 5.86. The molecule has 0 radical (unpaired) electrons. The topological polar surface area (TPSA) is 94.1 Å². The molecule has 1 amide bonds. The minimum absolute atomic E-state index is 0.157. The fraction of sp³-hybridized carbons (Fsp3) is 0.259. The lowest BCUT2D eigenvalue weighted by molar-refractivity contribution is -0.121. The molecule has 1 saturated heterocycles. The maximum absolute atomic E-state index is 13.0. The van der Waals surface area contributed by atoms with Crippen LogP contribution in [0.1, 0.15) is 47.3 Å². The summed E-state index contributed by atoms with van der Waals surface area (Å²) in [4.78, 5) is 29.7. The second-order valence-corrected chi connectivity index (χ2v) is 9.16. The number of ether oxygens (including phenoxy) is 2. The van der Waals surface area contributed by atoms with E-state index in [2.05, 4.69) is 5.48 Å². The Morgan fingerprint density at radius 3 is 2.74 bits per heavy atom. The highest BCUT2D eigenvalue weighted by Gasteiger charge is 2.34. The summed E-state index contributed by atoms with van der Waals surface area (Å²) in [5.41, 5.74) is 3.84. The Hall–Kier alpha value is -3.55. The van der Waals surface area contributed by atoms with E-state index in [1.807, 2.05) is 38.1 Å². The van der Waals surface area contributed by atoms with Gasteiger partial charge in [-0.1, -0.05) is 37.1 Å². The molecule has 4 rings (SSSR count). The van der Waals surface area contributed by atoms with Crippen molar-refractivity contribution >= 4 is 23.5 Å². The van der Waals surface area contributed by atoms with Crippen molar-refractivity contribution in [1.82, 2.24) is 5.48 Å². The van der Waals surface area contributed by atoms with E-state index in [1.54, 1.807) is 24.3 Å². The summed E-state index contributed by atoms with van der Waals surface area (Å²) < 4.78 is 11.6. The number of benzene rings is 3. The van der Waals surface area contributed by atoms with Crippen LogP contribution in [-0.2, 0) is 22.4 Å². The summed E-state index contributed by atoms with van der Waals surface area (Å²) in [5, 5.41) is 10.5. The van der Waals surface area contributed by atoms with Crippen LogP contribution in [0.5, 0.6) is 17.2 Å². The lowest BCUT2D eigenvalue weighted by atomic mass is 9.96. The van der Waals surface area contributed by atoms with Crippen molar-refractivity contribution in [2.45, 2.75) is 38.7 Å². The molecule has 1 heterocycles. The molecule has 2 N–H and O–H groups in total. The zero-order chi connectivity index (χ0) is 25.0. The lowest BCUT2D eigenvalue weighted by Gasteiger charge is -2.32. The van der Waals surface area contributed by atoms with Crippen LogP contribution in [0.15, 0.2) is 60.7 Å². The second-order valence-electron chi connectivity index (χ2n) is 8.72. The van der Waals surface area contributed by atoms with Crippen molar-refractivity contribution in [1.29, 1.82) is 0 Å². The van der Waals surface area contributed by atoms with Gasteiger partial charge in [-0.05, 0) is 73.0 Å². The summed E-state index contributed by atoms with van der Waals surface area (Å²) in [6.45, 7) is 4.09. The van der Waals surface area contributed by atoms with E-state index in [0.717, 1.165) is 17.5 Å². The third kappa shape index (κ3) is 5.93. The quantitative estimate of drug-likeness (QED) is 0.372. The Morgan fingerprint density at radius 2 is 2.00 bits per heavy atom. The van der Waals surface area contributed by atoms with Gasteiger partial charge in [-0.2, -0.15) is 5.48 Å².